The molecule has 2 N–H and O–H groups in total. The van der Waals surface area contributed by atoms with Gasteiger partial charge in [0.15, 0.2) is 5.96 Å². The third-order valence-electron chi connectivity index (χ3n) is 5.33. The van der Waals surface area contributed by atoms with Gasteiger partial charge in [0.2, 0.25) is 0 Å². The zero-order valence-corrected chi connectivity index (χ0v) is 19.7. The molecule has 0 atom stereocenters. The minimum absolute atomic E-state index is 0. The van der Waals surface area contributed by atoms with Gasteiger partial charge >= 0.3 is 15.5 Å². The van der Waals surface area contributed by atoms with Crippen LogP contribution in [0.3, 0.4) is 0 Å². The SMILES string of the molecule is I.O=S(=O)(N1CCC(NC(=NCCc2ccco2)NC2CCCC2)CC1)C(F)(F)F. The molecule has 0 spiro atoms. The maximum Gasteiger partial charge on any atom is 0.511 e. The van der Waals surface area contributed by atoms with Crippen molar-refractivity contribution in [3.05, 3.63) is 24.2 Å². The highest BCUT2D eigenvalue weighted by atomic mass is 127. The quantitative estimate of drug-likeness (QED) is 0.315. The summed E-state index contributed by atoms with van der Waals surface area (Å²) in [5.41, 5.74) is -5.25. The van der Waals surface area contributed by atoms with Gasteiger partial charge in [-0.1, -0.05) is 12.8 Å². The van der Waals surface area contributed by atoms with Crippen LogP contribution in [0.2, 0.25) is 0 Å². The number of nitrogens with one attached hydrogen (secondary N) is 2. The second kappa shape index (κ2) is 11.0. The van der Waals surface area contributed by atoms with Crippen LogP contribution in [0.5, 0.6) is 0 Å². The number of hydrogen-bond acceptors (Lipinski definition) is 4. The number of rotatable bonds is 6. The van der Waals surface area contributed by atoms with E-state index in [9.17, 15) is 21.6 Å². The van der Waals surface area contributed by atoms with Gasteiger partial charge in [-0.2, -0.15) is 17.5 Å². The molecule has 2 aliphatic rings. The van der Waals surface area contributed by atoms with Crippen LogP contribution >= 0.6 is 24.0 Å². The lowest BCUT2D eigenvalue weighted by atomic mass is 10.1. The van der Waals surface area contributed by atoms with Crippen LogP contribution in [-0.4, -0.2) is 55.9 Å². The van der Waals surface area contributed by atoms with E-state index < -0.39 is 15.5 Å². The lowest BCUT2D eigenvalue weighted by Crippen LogP contribution is -2.52. The van der Waals surface area contributed by atoms with Gasteiger partial charge in [0.05, 0.1) is 6.26 Å². The summed E-state index contributed by atoms with van der Waals surface area (Å²) in [6.07, 6.45) is 7.26. The predicted octanol–water partition coefficient (Wildman–Crippen LogP) is 3.23. The molecule has 0 radical (unpaired) electrons. The largest absolute Gasteiger partial charge is 0.511 e. The summed E-state index contributed by atoms with van der Waals surface area (Å²) in [7, 11) is -5.26. The summed E-state index contributed by atoms with van der Waals surface area (Å²) in [4.78, 5) is 4.59. The van der Waals surface area contributed by atoms with E-state index in [1.165, 1.54) is 0 Å². The second-order valence-electron chi connectivity index (χ2n) is 7.45. The molecule has 1 aromatic heterocycles. The van der Waals surface area contributed by atoms with Crippen LogP contribution in [0.4, 0.5) is 13.2 Å². The number of sulfonamides is 1. The van der Waals surface area contributed by atoms with Gasteiger partial charge in [-0.15, -0.1) is 24.0 Å². The maximum absolute atomic E-state index is 12.7. The van der Waals surface area contributed by atoms with Crippen molar-refractivity contribution in [3.63, 3.8) is 0 Å². The predicted molar refractivity (Wildman–Crippen MR) is 118 cm³/mol. The first kappa shape index (κ1) is 25.2. The van der Waals surface area contributed by atoms with Crippen molar-refractivity contribution in [1.82, 2.24) is 14.9 Å². The van der Waals surface area contributed by atoms with Crippen molar-refractivity contribution < 1.29 is 26.0 Å². The summed E-state index contributed by atoms with van der Waals surface area (Å²) >= 11 is 0. The first-order chi connectivity index (χ1) is 13.8. The third-order valence-corrected chi connectivity index (χ3v) is 6.96. The van der Waals surface area contributed by atoms with Gasteiger partial charge in [-0.3, -0.25) is 4.99 Å². The molecule has 172 valence electrons. The van der Waals surface area contributed by atoms with Crippen molar-refractivity contribution in [2.75, 3.05) is 19.6 Å². The molecular weight excluding hydrogens is 536 g/mol. The Morgan fingerprint density at radius 3 is 2.27 bits per heavy atom. The molecule has 0 amide bonds. The standard InChI is InChI=1S/C18H27F3N4O3S.HI/c19-18(20,21)29(26,27)25-11-8-15(9-12-25)24-17(23-14-4-1-2-5-14)22-10-7-16-6-3-13-28-16;/h3,6,13-15H,1-2,4-5,7-12H2,(H2,22,23,24);1H. The number of alkyl halides is 3. The topological polar surface area (TPSA) is 86.9 Å². The fourth-order valence-electron chi connectivity index (χ4n) is 3.71. The number of guanidine groups is 1. The lowest BCUT2D eigenvalue weighted by molar-refractivity contribution is -0.0494. The van der Waals surface area contributed by atoms with Gasteiger partial charge in [-0.25, -0.2) is 8.42 Å². The number of hydrogen-bond donors (Lipinski definition) is 2. The number of aliphatic imine (C=N–C) groups is 1. The second-order valence-corrected chi connectivity index (χ2v) is 9.38. The minimum atomic E-state index is -5.26. The smallest absolute Gasteiger partial charge is 0.469 e. The average molecular weight is 564 g/mol. The van der Waals surface area contributed by atoms with Crippen LogP contribution < -0.4 is 10.6 Å². The number of piperidine rings is 1. The molecular formula is C18H28F3IN4O3S. The van der Waals surface area contributed by atoms with E-state index in [1.807, 2.05) is 12.1 Å². The molecule has 12 heteroatoms. The Bertz CT molecular complexity index is 773. The molecule has 0 unspecified atom stereocenters. The zero-order chi connectivity index (χ0) is 20.9. The Morgan fingerprint density at radius 2 is 1.73 bits per heavy atom. The van der Waals surface area contributed by atoms with Gasteiger partial charge in [0, 0.05) is 38.1 Å². The molecule has 30 heavy (non-hydrogen) atoms. The molecule has 0 aromatic carbocycles. The van der Waals surface area contributed by atoms with E-state index in [-0.39, 0.29) is 43.1 Å². The van der Waals surface area contributed by atoms with Crippen LogP contribution in [0.15, 0.2) is 27.8 Å². The van der Waals surface area contributed by atoms with Crippen molar-refractivity contribution in [1.29, 1.82) is 0 Å². The van der Waals surface area contributed by atoms with Crippen molar-refractivity contribution in [2.45, 2.75) is 62.5 Å². The molecule has 7 nitrogen and oxygen atoms in total. The highest BCUT2D eigenvalue weighted by molar-refractivity contribution is 14.0. The Kier molecular flexibility index (Phi) is 9.28. The summed E-state index contributed by atoms with van der Waals surface area (Å²) in [5, 5.41) is 6.68. The fourth-order valence-corrected chi connectivity index (χ4v) is 4.69. The molecule has 1 saturated heterocycles. The molecule has 1 aliphatic carbocycles. The normalized spacial score (nSPS) is 20.2. The summed E-state index contributed by atoms with van der Waals surface area (Å²) in [6, 6.07) is 3.89. The number of furan rings is 1. The minimum Gasteiger partial charge on any atom is -0.469 e. The van der Waals surface area contributed by atoms with Crippen LogP contribution in [0, 0.1) is 0 Å². The lowest BCUT2D eigenvalue weighted by Gasteiger charge is -2.33. The summed E-state index contributed by atoms with van der Waals surface area (Å²) in [6.45, 7) is 0.183. The van der Waals surface area contributed by atoms with E-state index >= 15 is 0 Å². The van der Waals surface area contributed by atoms with Crippen LogP contribution in [0.1, 0.15) is 44.3 Å². The Hall–Kier alpha value is -1.02. The maximum atomic E-state index is 12.7. The number of halogens is 4. The van der Waals surface area contributed by atoms with Crippen molar-refractivity contribution in [3.8, 4) is 0 Å². The van der Waals surface area contributed by atoms with E-state index in [4.69, 9.17) is 4.42 Å². The average Bonchev–Trinajstić information content (AvgIpc) is 3.35. The highest BCUT2D eigenvalue weighted by Crippen LogP contribution is 2.29. The molecule has 2 heterocycles. The van der Waals surface area contributed by atoms with Crippen molar-refractivity contribution >= 4 is 40.0 Å². The first-order valence-corrected chi connectivity index (χ1v) is 11.4. The van der Waals surface area contributed by atoms with E-state index in [0.29, 0.717) is 42.1 Å². The van der Waals surface area contributed by atoms with E-state index in [2.05, 4.69) is 15.6 Å². The van der Waals surface area contributed by atoms with Gasteiger partial charge in [0.1, 0.15) is 5.76 Å². The zero-order valence-electron chi connectivity index (χ0n) is 16.5. The van der Waals surface area contributed by atoms with Gasteiger partial charge in [0.25, 0.3) is 0 Å². The van der Waals surface area contributed by atoms with Crippen molar-refractivity contribution in [2.24, 2.45) is 4.99 Å². The Morgan fingerprint density at radius 1 is 1.13 bits per heavy atom. The summed E-state index contributed by atoms with van der Waals surface area (Å²) < 4.78 is 67.1. The Labute approximate surface area is 191 Å². The third kappa shape index (κ3) is 6.74. The summed E-state index contributed by atoms with van der Waals surface area (Å²) in [5.74, 6) is 1.46. The molecule has 3 rings (SSSR count). The van der Waals surface area contributed by atoms with E-state index in [1.54, 1.807) is 6.26 Å². The van der Waals surface area contributed by atoms with Crippen LogP contribution in [0.25, 0.3) is 0 Å². The Balaban J connectivity index is 0.00000320. The first-order valence-electron chi connectivity index (χ1n) is 9.92. The van der Waals surface area contributed by atoms with Gasteiger partial charge in [-0.05, 0) is 37.8 Å². The molecule has 1 aromatic rings. The molecule has 2 fully saturated rings. The van der Waals surface area contributed by atoms with Crippen LogP contribution in [-0.2, 0) is 16.4 Å². The molecule has 1 saturated carbocycles. The number of nitrogens with zero attached hydrogens (tertiary/aromatic N) is 2. The highest BCUT2D eigenvalue weighted by Gasteiger charge is 2.50. The fraction of sp³-hybridized carbons (Fsp3) is 0.722. The van der Waals surface area contributed by atoms with Gasteiger partial charge < -0.3 is 15.1 Å². The molecule has 1 aliphatic heterocycles. The monoisotopic (exact) mass is 564 g/mol. The van der Waals surface area contributed by atoms with E-state index in [0.717, 1.165) is 31.4 Å². The molecule has 0 bridgehead atoms.